The van der Waals surface area contributed by atoms with Crippen molar-refractivity contribution >= 4 is 27.3 Å². The lowest BCUT2D eigenvalue weighted by molar-refractivity contribution is -0.0659. The van der Waals surface area contributed by atoms with Crippen LogP contribution < -0.4 is 10.5 Å². The Morgan fingerprint density at radius 1 is 1.47 bits per heavy atom. The molecular formula is C12H17ClN2O3S. The molecule has 2 rings (SSSR count). The maximum atomic E-state index is 12.2. The minimum absolute atomic E-state index is 0.0361. The molecule has 0 bridgehead atoms. The van der Waals surface area contributed by atoms with Crippen molar-refractivity contribution in [2.45, 2.75) is 29.8 Å². The summed E-state index contributed by atoms with van der Waals surface area (Å²) in [4.78, 5) is 0.0361. The molecule has 0 heterocycles. The van der Waals surface area contributed by atoms with Gasteiger partial charge in [0, 0.05) is 19.3 Å². The van der Waals surface area contributed by atoms with Crippen molar-refractivity contribution in [2.75, 3.05) is 19.4 Å². The molecular weight excluding hydrogens is 288 g/mol. The summed E-state index contributed by atoms with van der Waals surface area (Å²) in [5.74, 6) is 0. The molecule has 0 atom stereocenters. The van der Waals surface area contributed by atoms with Crippen LogP contribution in [0.2, 0.25) is 5.02 Å². The van der Waals surface area contributed by atoms with Crippen LogP contribution in [0.1, 0.15) is 19.3 Å². The van der Waals surface area contributed by atoms with Crippen molar-refractivity contribution in [3.8, 4) is 0 Å². The quantitative estimate of drug-likeness (QED) is 0.812. The van der Waals surface area contributed by atoms with Gasteiger partial charge >= 0.3 is 0 Å². The van der Waals surface area contributed by atoms with Crippen molar-refractivity contribution < 1.29 is 13.2 Å². The van der Waals surface area contributed by atoms with E-state index in [-0.39, 0.29) is 22.1 Å². The van der Waals surface area contributed by atoms with Crippen LogP contribution >= 0.6 is 11.6 Å². The molecule has 0 amide bonds. The van der Waals surface area contributed by atoms with Crippen LogP contribution in [-0.2, 0) is 14.8 Å². The first-order chi connectivity index (χ1) is 8.88. The van der Waals surface area contributed by atoms with Gasteiger partial charge in [0.15, 0.2) is 0 Å². The molecule has 7 heteroatoms. The van der Waals surface area contributed by atoms with E-state index < -0.39 is 10.0 Å². The molecule has 5 nitrogen and oxygen atoms in total. The Hall–Kier alpha value is -0.820. The van der Waals surface area contributed by atoms with Crippen molar-refractivity contribution in [1.29, 1.82) is 0 Å². The molecule has 0 saturated heterocycles. The summed E-state index contributed by atoms with van der Waals surface area (Å²) in [6, 6.07) is 4.34. The Balaban J connectivity index is 2.14. The SMILES string of the molecule is COC1(CNS(=O)(=O)c2ccc(N)cc2Cl)CCC1. The van der Waals surface area contributed by atoms with Gasteiger partial charge in [-0.2, -0.15) is 0 Å². The molecule has 1 aliphatic carbocycles. The Kier molecular flexibility index (Phi) is 4.06. The van der Waals surface area contributed by atoms with Crippen LogP contribution in [-0.4, -0.2) is 27.7 Å². The van der Waals surface area contributed by atoms with E-state index in [1.54, 1.807) is 7.11 Å². The molecule has 106 valence electrons. The zero-order chi connectivity index (χ0) is 14.1. The molecule has 0 spiro atoms. The Labute approximate surface area is 118 Å². The maximum Gasteiger partial charge on any atom is 0.242 e. The van der Waals surface area contributed by atoms with Gasteiger partial charge in [-0.25, -0.2) is 13.1 Å². The Bertz CT molecular complexity index is 565. The number of benzene rings is 1. The number of nitrogens with two attached hydrogens (primary N) is 1. The van der Waals surface area contributed by atoms with Gasteiger partial charge in [-0.3, -0.25) is 0 Å². The minimum atomic E-state index is -3.64. The number of hydrogen-bond acceptors (Lipinski definition) is 4. The van der Waals surface area contributed by atoms with Gasteiger partial charge in [0.2, 0.25) is 10.0 Å². The fourth-order valence-corrected chi connectivity index (χ4v) is 3.73. The number of nitrogen functional groups attached to an aromatic ring is 1. The Morgan fingerprint density at radius 3 is 2.63 bits per heavy atom. The monoisotopic (exact) mass is 304 g/mol. The van der Waals surface area contributed by atoms with Crippen LogP contribution in [0.3, 0.4) is 0 Å². The minimum Gasteiger partial charge on any atom is -0.399 e. The van der Waals surface area contributed by atoms with Crippen LogP contribution in [0.4, 0.5) is 5.69 Å². The second-order valence-corrected chi connectivity index (χ2v) is 6.90. The fourth-order valence-electron chi connectivity index (χ4n) is 2.06. The third-order valence-corrected chi connectivity index (χ3v) is 5.41. The van der Waals surface area contributed by atoms with E-state index in [0.29, 0.717) is 5.69 Å². The van der Waals surface area contributed by atoms with Crippen molar-refractivity contribution in [3.05, 3.63) is 23.2 Å². The zero-order valence-electron chi connectivity index (χ0n) is 10.6. The summed E-state index contributed by atoms with van der Waals surface area (Å²) in [6.07, 6.45) is 2.78. The van der Waals surface area contributed by atoms with Crippen LogP contribution in [0.15, 0.2) is 23.1 Å². The van der Waals surface area contributed by atoms with Gasteiger partial charge in [-0.05, 0) is 37.5 Å². The van der Waals surface area contributed by atoms with Gasteiger partial charge in [0.25, 0.3) is 0 Å². The average Bonchev–Trinajstić information content (AvgIpc) is 2.27. The number of methoxy groups -OCH3 is 1. The molecule has 1 fully saturated rings. The molecule has 1 aromatic rings. The van der Waals surface area contributed by atoms with E-state index >= 15 is 0 Å². The number of ether oxygens (including phenoxy) is 1. The second kappa shape index (κ2) is 5.28. The van der Waals surface area contributed by atoms with E-state index in [2.05, 4.69) is 4.72 Å². The standard InChI is InChI=1S/C12H17ClN2O3S/c1-18-12(5-2-6-12)8-15-19(16,17)11-4-3-9(14)7-10(11)13/h3-4,7,15H,2,5-6,8,14H2,1H3. The highest BCUT2D eigenvalue weighted by Crippen LogP contribution is 2.34. The van der Waals surface area contributed by atoms with Gasteiger partial charge in [0.1, 0.15) is 4.90 Å². The lowest BCUT2D eigenvalue weighted by atomic mass is 9.80. The number of halogens is 1. The summed E-state index contributed by atoms with van der Waals surface area (Å²) in [5.41, 5.74) is 5.61. The van der Waals surface area contributed by atoms with Gasteiger partial charge in [-0.1, -0.05) is 11.6 Å². The maximum absolute atomic E-state index is 12.2. The molecule has 0 radical (unpaired) electrons. The summed E-state index contributed by atoms with van der Waals surface area (Å²) in [6.45, 7) is 0.256. The third kappa shape index (κ3) is 3.02. The molecule has 3 N–H and O–H groups in total. The van der Waals surface area contributed by atoms with Crippen molar-refractivity contribution in [1.82, 2.24) is 4.72 Å². The molecule has 1 aromatic carbocycles. The van der Waals surface area contributed by atoms with E-state index in [1.165, 1.54) is 18.2 Å². The van der Waals surface area contributed by atoms with E-state index in [9.17, 15) is 8.42 Å². The lowest BCUT2D eigenvalue weighted by Gasteiger charge is -2.40. The molecule has 0 aromatic heterocycles. The number of sulfonamides is 1. The first-order valence-corrected chi connectivity index (χ1v) is 7.84. The smallest absolute Gasteiger partial charge is 0.242 e. The lowest BCUT2D eigenvalue weighted by Crippen LogP contribution is -2.49. The predicted molar refractivity (Wildman–Crippen MR) is 74.6 cm³/mol. The summed E-state index contributed by atoms with van der Waals surface area (Å²) < 4.78 is 32.3. The second-order valence-electron chi connectivity index (χ2n) is 4.76. The summed E-state index contributed by atoms with van der Waals surface area (Å²) >= 11 is 5.92. The van der Waals surface area contributed by atoms with Crippen molar-refractivity contribution in [2.24, 2.45) is 0 Å². The summed E-state index contributed by atoms with van der Waals surface area (Å²) in [7, 11) is -2.04. The van der Waals surface area contributed by atoms with E-state index in [4.69, 9.17) is 22.1 Å². The van der Waals surface area contributed by atoms with Crippen molar-refractivity contribution in [3.63, 3.8) is 0 Å². The average molecular weight is 305 g/mol. The molecule has 0 unspecified atom stereocenters. The number of nitrogens with one attached hydrogen (secondary N) is 1. The molecule has 19 heavy (non-hydrogen) atoms. The zero-order valence-corrected chi connectivity index (χ0v) is 12.2. The first-order valence-electron chi connectivity index (χ1n) is 5.98. The largest absolute Gasteiger partial charge is 0.399 e. The Morgan fingerprint density at radius 2 is 2.16 bits per heavy atom. The highest BCUT2D eigenvalue weighted by atomic mass is 35.5. The third-order valence-electron chi connectivity index (χ3n) is 3.53. The predicted octanol–water partition coefficient (Wildman–Crippen LogP) is 1.77. The van der Waals surface area contributed by atoms with Crippen LogP contribution in [0, 0.1) is 0 Å². The highest BCUT2D eigenvalue weighted by Gasteiger charge is 2.38. The fraction of sp³-hybridized carbons (Fsp3) is 0.500. The summed E-state index contributed by atoms with van der Waals surface area (Å²) in [5, 5.41) is 0.118. The van der Waals surface area contributed by atoms with Gasteiger partial charge < -0.3 is 10.5 Å². The first kappa shape index (κ1) is 14.6. The molecule has 1 aliphatic rings. The molecule has 0 aliphatic heterocycles. The van der Waals surface area contributed by atoms with E-state index in [1.807, 2.05) is 0 Å². The number of rotatable bonds is 5. The van der Waals surface area contributed by atoms with Gasteiger partial charge in [-0.15, -0.1) is 0 Å². The van der Waals surface area contributed by atoms with E-state index in [0.717, 1.165) is 19.3 Å². The normalized spacial score (nSPS) is 18.0. The van der Waals surface area contributed by atoms with Crippen LogP contribution in [0.5, 0.6) is 0 Å². The van der Waals surface area contributed by atoms with Crippen LogP contribution in [0.25, 0.3) is 0 Å². The number of hydrogen-bond donors (Lipinski definition) is 2. The highest BCUT2D eigenvalue weighted by molar-refractivity contribution is 7.89. The topological polar surface area (TPSA) is 81.4 Å². The van der Waals surface area contributed by atoms with Gasteiger partial charge in [0.05, 0.1) is 10.6 Å². The number of anilines is 1. The molecule has 1 saturated carbocycles.